The average Bonchev–Trinajstić information content (AvgIpc) is 2.64. The van der Waals surface area contributed by atoms with E-state index in [-0.39, 0.29) is 25.2 Å². The molecule has 0 aliphatic carbocycles. The summed E-state index contributed by atoms with van der Waals surface area (Å²) in [6.07, 6.45) is 1.41. The van der Waals surface area contributed by atoms with Crippen molar-refractivity contribution in [2.45, 2.75) is 25.7 Å². The SMILES string of the molecule is O=C(O)CCC(=O)c1ccc(-c2ccc(OCCCCO)cc2)cc1. The number of benzene rings is 2. The number of carbonyl (C=O) groups excluding carboxylic acids is 1. The summed E-state index contributed by atoms with van der Waals surface area (Å²) in [7, 11) is 0. The third kappa shape index (κ3) is 6.04. The molecule has 132 valence electrons. The molecule has 5 nitrogen and oxygen atoms in total. The van der Waals surface area contributed by atoms with Crippen molar-refractivity contribution in [1.82, 2.24) is 0 Å². The van der Waals surface area contributed by atoms with Crippen molar-refractivity contribution in [3.63, 3.8) is 0 Å². The minimum Gasteiger partial charge on any atom is -0.494 e. The van der Waals surface area contributed by atoms with Crippen LogP contribution in [0.4, 0.5) is 0 Å². The molecule has 0 aliphatic rings. The molecule has 0 saturated carbocycles. The highest BCUT2D eigenvalue weighted by atomic mass is 16.5. The fourth-order valence-corrected chi connectivity index (χ4v) is 2.36. The van der Waals surface area contributed by atoms with E-state index in [0.29, 0.717) is 12.2 Å². The van der Waals surface area contributed by atoms with Crippen molar-refractivity contribution >= 4 is 11.8 Å². The van der Waals surface area contributed by atoms with Crippen LogP contribution in [0.15, 0.2) is 48.5 Å². The van der Waals surface area contributed by atoms with Gasteiger partial charge in [-0.15, -0.1) is 0 Å². The number of carboxylic acid groups (broad SMARTS) is 1. The van der Waals surface area contributed by atoms with Gasteiger partial charge in [0.1, 0.15) is 5.75 Å². The molecule has 25 heavy (non-hydrogen) atoms. The first-order valence-electron chi connectivity index (χ1n) is 8.29. The second kappa shape index (κ2) is 9.59. The molecular weight excluding hydrogens is 320 g/mol. The lowest BCUT2D eigenvalue weighted by Gasteiger charge is -2.07. The summed E-state index contributed by atoms with van der Waals surface area (Å²) < 4.78 is 5.59. The Morgan fingerprint density at radius 1 is 0.840 bits per heavy atom. The maximum absolute atomic E-state index is 11.9. The Labute approximate surface area is 146 Å². The molecule has 0 saturated heterocycles. The van der Waals surface area contributed by atoms with E-state index in [9.17, 15) is 9.59 Å². The van der Waals surface area contributed by atoms with Crippen molar-refractivity contribution < 1.29 is 24.5 Å². The number of rotatable bonds is 10. The van der Waals surface area contributed by atoms with Crippen LogP contribution in [-0.2, 0) is 4.79 Å². The van der Waals surface area contributed by atoms with Gasteiger partial charge in [-0.3, -0.25) is 9.59 Å². The molecule has 0 atom stereocenters. The largest absolute Gasteiger partial charge is 0.494 e. The zero-order chi connectivity index (χ0) is 18.1. The normalized spacial score (nSPS) is 10.4. The van der Waals surface area contributed by atoms with Gasteiger partial charge in [0.15, 0.2) is 5.78 Å². The lowest BCUT2D eigenvalue weighted by molar-refractivity contribution is -0.136. The summed E-state index contributed by atoms with van der Waals surface area (Å²) in [4.78, 5) is 22.4. The van der Waals surface area contributed by atoms with Gasteiger partial charge in [0.05, 0.1) is 13.0 Å². The molecular formula is C20H22O5. The molecule has 0 radical (unpaired) electrons. The van der Waals surface area contributed by atoms with Gasteiger partial charge in [-0.05, 0) is 36.1 Å². The van der Waals surface area contributed by atoms with Crippen LogP contribution in [0.25, 0.3) is 11.1 Å². The van der Waals surface area contributed by atoms with E-state index >= 15 is 0 Å². The van der Waals surface area contributed by atoms with Crippen LogP contribution in [0.1, 0.15) is 36.0 Å². The number of aliphatic hydroxyl groups is 1. The molecule has 2 rings (SSSR count). The van der Waals surface area contributed by atoms with E-state index in [1.54, 1.807) is 12.1 Å². The van der Waals surface area contributed by atoms with Gasteiger partial charge in [-0.25, -0.2) is 0 Å². The highest BCUT2D eigenvalue weighted by molar-refractivity contribution is 5.97. The Bertz CT molecular complexity index is 689. The average molecular weight is 342 g/mol. The quantitative estimate of drug-likeness (QED) is 0.509. The number of unbranched alkanes of at least 4 members (excludes halogenated alkanes) is 1. The Morgan fingerprint density at radius 3 is 2.00 bits per heavy atom. The first kappa shape index (κ1) is 18.7. The molecule has 0 fully saturated rings. The zero-order valence-corrected chi connectivity index (χ0v) is 14.0. The third-order valence-electron chi connectivity index (χ3n) is 3.78. The maximum atomic E-state index is 11.9. The van der Waals surface area contributed by atoms with Gasteiger partial charge in [0, 0.05) is 18.6 Å². The molecule has 0 aromatic heterocycles. The smallest absolute Gasteiger partial charge is 0.303 e. The standard InChI is InChI=1S/C20H22O5/c21-13-1-2-14-25-18-9-7-16(8-10-18)15-3-5-17(6-4-15)19(22)11-12-20(23)24/h3-10,21H,1-2,11-14H2,(H,23,24). The number of ether oxygens (including phenoxy) is 1. The van der Waals surface area contributed by atoms with Crippen LogP contribution in [0, 0.1) is 0 Å². The first-order chi connectivity index (χ1) is 12.1. The number of hydrogen-bond acceptors (Lipinski definition) is 4. The molecule has 0 spiro atoms. The Kier molecular flexibility index (Phi) is 7.16. The molecule has 2 N–H and O–H groups in total. The van der Waals surface area contributed by atoms with Crippen LogP contribution >= 0.6 is 0 Å². The molecule has 0 amide bonds. The number of hydrogen-bond donors (Lipinski definition) is 2. The second-order valence-corrected chi connectivity index (χ2v) is 5.70. The van der Waals surface area contributed by atoms with Crippen molar-refractivity contribution in [2.75, 3.05) is 13.2 Å². The lowest BCUT2D eigenvalue weighted by Crippen LogP contribution is -2.03. The molecule has 0 aliphatic heterocycles. The molecule has 0 unspecified atom stereocenters. The van der Waals surface area contributed by atoms with E-state index in [0.717, 1.165) is 29.7 Å². The number of aliphatic carboxylic acids is 1. The van der Waals surface area contributed by atoms with Crippen LogP contribution in [-0.4, -0.2) is 35.2 Å². The van der Waals surface area contributed by atoms with E-state index in [1.165, 1.54) is 0 Å². The van der Waals surface area contributed by atoms with Crippen molar-refractivity contribution in [3.05, 3.63) is 54.1 Å². The van der Waals surface area contributed by atoms with Crippen molar-refractivity contribution in [3.8, 4) is 16.9 Å². The predicted octanol–water partition coefficient (Wildman–Crippen LogP) is 3.55. The maximum Gasteiger partial charge on any atom is 0.303 e. The lowest BCUT2D eigenvalue weighted by atomic mass is 10.0. The number of Topliss-reactive ketones (excluding diaryl/α,β-unsaturated/α-hetero) is 1. The van der Waals surface area contributed by atoms with Crippen LogP contribution in [0.3, 0.4) is 0 Å². The topological polar surface area (TPSA) is 83.8 Å². The molecule has 2 aromatic carbocycles. The third-order valence-corrected chi connectivity index (χ3v) is 3.78. The number of aliphatic hydroxyl groups excluding tert-OH is 1. The van der Waals surface area contributed by atoms with E-state index in [4.69, 9.17) is 14.9 Å². The van der Waals surface area contributed by atoms with Gasteiger partial charge in [0.2, 0.25) is 0 Å². The highest BCUT2D eigenvalue weighted by Crippen LogP contribution is 2.23. The summed E-state index contributed by atoms with van der Waals surface area (Å²) in [6.45, 7) is 0.754. The second-order valence-electron chi connectivity index (χ2n) is 5.70. The van der Waals surface area contributed by atoms with E-state index < -0.39 is 5.97 Å². The van der Waals surface area contributed by atoms with E-state index in [2.05, 4.69) is 0 Å². The molecule has 0 bridgehead atoms. The Hall–Kier alpha value is -2.66. The summed E-state index contributed by atoms with van der Waals surface area (Å²) in [5, 5.41) is 17.4. The number of carboxylic acids is 1. The van der Waals surface area contributed by atoms with Gasteiger partial charge in [-0.1, -0.05) is 36.4 Å². The predicted molar refractivity (Wildman–Crippen MR) is 94.9 cm³/mol. The Morgan fingerprint density at radius 2 is 1.44 bits per heavy atom. The molecule has 2 aromatic rings. The minimum atomic E-state index is -0.969. The first-order valence-corrected chi connectivity index (χ1v) is 8.29. The fraction of sp³-hybridized carbons (Fsp3) is 0.300. The number of carbonyl (C=O) groups is 2. The summed E-state index contributed by atoms with van der Waals surface area (Å²) >= 11 is 0. The Balaban J connectivity index is 1.95. The summed E-state index contributed by atoms with van der Waals surface area (Å²) in [5.74, 6) is -0.355. The van der Waals surface area contributed by atoms with Crippen molar-refractivity contribution in [2.24, 2.45) is 0 Å². The van der Waals surface area contributed by atoms with Crippen LogP contribution in [0.2, 0.25) is 0 Å². The zero-order valence-electron chi connectivity index (χ0n) is 14.0. The fourth-order valence-electron chi connectivity index (χ4n) is 2.36. The monoisotopic (exact) mass is 342 g/mol. The summed E-state index contributed by atoms with van der Waals surface area (Å²) in [6, 6.07) is 14.8. The number of ketones is 1. The molecule has 0 heterocycles. The summed E-state index contributed by atoms with van der Waals surface area (Å²) in [5.41, 5.74) is 2.50. The minimum absolute atomic E-state index is 0.0109. The van der Waals surface area contributed by atoms with Crippen LogP contribution < -0.4 is 4.74 Å². The van der Waals surface area contributed by atoms with Gasteiger partial charge in [-0.2, -0.15) is 0 Å². The van der Waals surface area contributed by atoms with Gasteiger partial charge < -0.3 is 14.9 Å². The highest BCUT2D eigenvalue weighted by Gasteiger charge is 2.08. The van der Waals surface area contributed by atoms with E-state index in [1.807, 2.05) is 36.4 Å². The van der Waals surface area contributed by atoms with Crippen LogP contribution in [0.5, 0.6) is 5.75 Å². The van der Waals surface area contributed by atoms with Crippen molar-refractivity contribution in [1.29, 1.82) is 0 Å². The molecule has 5 heteroatoms. The van der Waals surface area contributed by atoms with Gasteiger partial charge >= 0.3 is 5.97 Å². The van der Waals surface area contributed by atoms with Gasteiger partial charge in [0.25, 0.3) is 0 Å².